The van der Waals surface area contributed by atoms with E-state index in [0.717, 1.165) is 25.3 Å². The van der Waals surface area contributed by atoms with E-state index < -0.39 is 0 Å². The molecule has 0 saturated carbocycles. The SMILES string of the molecule is [3H]C1=CCC(c2ccccc2)CC1. The Balaban J connectivity index is 2.12. The molecule has 2 rings (SSSR count). The maximum atomic E-state index is 7.49. The second kappa shape index (κ2) is 3.57. The van der Waals surface area contributed by atoms with Gasteiger partial charge in [-0.3, -0.25) is 0 Å². The average Bonchev–Trinajstić information content (AvgIpc) is 2.20. The molecular formula is C12H14. The minimum absolute atomic E-state index is 0.648. The van der Waals surface area contributed by atoms with Gasteiger partial charge in [0.15, 0.2) is 0 Å². The summed E-state index contributed by atoms with van der Waals surface area (Å²) in [5.74, 6) is 0.648. The van der Waals surface area contributed by atoms with Crippen LogP contribution >= 0.6 is 0 Å². The molecule has 0 nitrogen and oxygen atoms in total. The maximum absolute atomic E-state index is 7.49. The van der Waals surface area contributed by atoms with Crippen LogP contribution in [0.2, 0.25) is 0 Å². The highest BCUT2D eigenvalue weighted by atomic mass is 14.2. The van der Waals surface area contributed by atoms with Gasteiger partial charge in [0, 0.05) is 0 Å². The molecule has 1 unspecified atom stereocenters. The molecule has 1 aliphatic rings. The fraction of sp³-hybridized carbons (Fsp3) is 0.333. The quantitative estimate of drug-likeness (QED) is 0.551. The number of allylic oxidation sites excluding steroid dienone is 2. The molecule has 1 atom stereocenters. The standard InChI is InChI=1S/C12H14/c1-3-7-11(8-4-1)12-9-5-2-6-10-12/h1-5,7-8,12H,6,9-10H2/i2T. The van der Waals surface area contributed by atoms with Gasteiger partial charge < -0.3 is 0 Å². The summed E-state index contributed by atoms with van der Waals surface area (Å²) in [6.07, 6.45) is 5.18. The van der Waals surface area contributed by atoms with E-state index in [-0.39, 0.29) is 0 Å². The second-order valence-corrected chi connectivity index (χ2v) is 3.29. The largest absolute Gasteiger partial charge is 0.0885 e. The van der Waals surface area contributed by atoms with Crippen molar-refractivity contribution >= 4 is 0 Å². The lowest BCUT2D eigenvalue weighted by atomic mass is 9.88. The van der Waals surface area contributed by atoms with Crippen LogP contribution in [0, 0.1) is 0 Å². The van der Waals surface area contributed by atoms with Crippen molar-refractivity contribution in [3.05, 3.63) is 48.0 Å². The van der Waals surface area contributed by atoms with Gasteiger partial charge >= 0.3 is 0 Å². The fourth-order valence-corrected chi connectivity index (χ4v) is 1.73. The van der Waals surface area contributed by atoms with Gasteiger partial charge in [-0.05, 0) is 30.7 Å². The Labute approximate surface area is 75.3 Å². The number of rotatable bonds is 1. The first-order valence-electron chi connectivity index (χ1n) is 5.07. The highest BCUT2D eigenvalue weighted by Gasteiger charge is 2.10. The summed E-state index contributed by atoms with van der Waals surface area (Å²) in [4.78, 5) is 0. The number of hydrogen-bond acceptors (Lipinski definition) is 0. The molecule has 0 heterocycles. The van der Waals surface area contributed by atoms with Crippen LogP contribution in [0.1, 0.15) is 32.1 Å². The Morgan fingerprint density at radius 1 is 1.25 bits per heavy atom. The first-order chi connectivity index (χ1) is 6.36. The summed E-state index contributed by atoms with van der Waals surface area (Å²) in [6, 6.07) is 11.4. The zero-order chi connectivity index (χ0) is 9.10. The summed E-state index contributed by atoms with van der Waals surface area (Å²) >= 11 is 0. The van der Waals surface area contributed by atoms with E-state index >= 15 is 0 Å². The third-order valence-electron chi connectivity index (χ3n) is 2.45. The zero-order valence-electron chi connectivity index (χ0n) is 8.16. The number of hydrogen-bond donors (Lipinski definition) is 0. The lowest BCUT2D eigenvalue weighted by Gasteiger charge is -2.17. The van der Waals surface area contributed by atoms with E-state index in [9.17, 15) is 0 Å². The second-order valence-electron chi connectivity index (χ2n) is 3.29. The van der Waals surface area contributed by atoms with Crippen molar-refractivity contribution in [1.82, 2.24) is 0 Å². The molecule has 1 aromatic carbocycles. The summed E-state index contributed by atoms with van der Waals surface area (Å²) in [5, 5.41) is 0. The van der Waals surface area contributed by atoms with Crippen molar-refractivity contribution in [3.63, 3.8) is 0 Å². The van der Waals surface area contributed by atoms with E-state index in [1.54, 1.807) is 0 Å². The summed E-state index contributed by atoms with van der Waals surface area (Å²) in [6.45, 7) is 0. The van der Waals surface area contributed by atoms with Gasteiger partial charge in [-0.25, -0.2) is 0 Å². The van der Waals surface area contributed by atoms with Crippen LogP contribution in [0.25, 0.3) is 0 Å². The molecule has 12 heavy (non-hydrogen) atoms. The fourth-order valence-electron chi connectivity index (χ4n) is 1.73. The summed E-state index contributed by atoms with van der Waals surface area (Å²) < 4.78 is 7.49. The molecule has 0 amide bonds. The Hall–Kier alpha value is -1.04. The van der Waals surface area contributed by atoms with Crippen molar-refractivity contribution in [2.45, 2.75) is 25.2 Å². The Morgan fingerprint density at radius 3 is 2.75 bits per heavy atom. The molecule has 0 fully saturated rings. The molecule has 0 bridgehead atoms. The van der Waals surface area contributed by atoms with Crippen LogP contribution in [0.5, 0.6) is 0 Å². The molecule has 62 valence electrons. The van der Waals surface area contributed by atoms with Gasteiger partial charge in [0.05, 0.1) is 1.37 Å². The first-order valence-corrected chi connectivity index (χ1v) is 4.57. The Morgan fingerprint density at radius 2 is 2.08 bits per heavy atom. The molecule has 1 aromatic rings. The third kappa shape index (κ3) is 1.58. The lowest BCUT2D eigenvalue weighted by Crippen LogP contribution is -1.99. The average molecular weight is 160 g/mol. The van der Waals surface area contributed by atoms with Crippen molar-refractivity contribution in [3.8, 4) is 0 Å². The number of benzene rings is 1. The monoisotopic (exact) mass is 160 g/mol. The molecule has 0 N–H and O–H groups in total. The van der Waals surface area contributed by atoms with Crippen LogP contribution in [0.15, 0.2) is 42.5 Å². The van der Waals surface area contributed by atoms with Crippen LogP contribution < -0.4 is 0 Å². The third-order valence-corrected chi connectivity index (χ3v) is 2.45. The predicted octanol–water partition coefficient (Wildman–Crippen LogP) is 3.51. The molecule has 0 heteroatoms. The van der Waals surface area contributed by atoms with E-state index in [4.69, 9.17) is 1.37 Å². The Bertz CT molecular complexity index is 300. The van der Waals surface area contributed by atoms with Gasteiger partial charge in [-0.15, -0.1) is 0 Å². The minimum Gasteiger partial charge on any atom is -0.0885 e. The molecule has 1 aliphatic carbocycles. The van der Waals surface area contributed by atoms with Crippen LogP contribution in [0.3, 0.4) is 0 Å². The highest BCUT2D eigenvalue weighted by molar-refractivity contribution is 5.21. The van der Waals surface area contributed by atoms with Gasteiger partial charge in [0.2, 0.25) is 0 Å². The predicted molar refractivity (Wildman–Crippen MR) is 52.2 cm³/mol. The lowest BCUT2D eigenvalue weighted by molar-refractivity contribution is 0.617. The molecule has 0 aliphatic heterocycles. The highest BCUT2D eigenvalue weighted by Crippen LogP contribution is 2.28. The zero-order valence-corrected chi connectivity index (χ0v) is 7.16. The van der Waals surface area contributed by atoms with E-state index in [1.165, 1.54) is 5.56 Å². The van der Waals surface area contributed by atoms with Crippen molar-refractivity contribution < 1.29 is 1.37 Å². The van der Waals surface area contributed by atoms with Crippen LogP contribution in [0.4, 0.5) is 0 Å². The first kappa shape index (κ1) is 6.47. The molecule has 0 spiro atoms. The summed E-state index contributed by atoms with van der Waals surface area (Å²) in [5.41, 5.74) is 1.42. The van der Waals surface area contributed by atoms with Gasteiger partial charge in [0.1, 0.15) is 0 Å². The smallest absolute Gasteiger partial charge is 0.0572 e. The van der Waals surface area contributed by atoms with Crippen LogP contribution in [-0.4, -0.2) is 0 Å². The summed E-state index contributed by atoms with van der Waals surface area (Å²) in [7, 11) is 0. The van der Waals surface area contributed by atoms with Crippen LogP contribution in [-0.2, 0) is 0 Å². The van der Waals surface area contributed by atoms with E-state index in [2.05, 4.69) is 36.4 Å². The van der Waals surface area contributed by atoms with Crippen molar-refractivity contribution in [2.24, 2.45) is 0 Å². The molecular weight excluding hydrogens is 144 g/mol. The molecule has 0 saturated heterocycles. The van der Waals surface area contributed by atoms with Crippen molar-refractivity contribution in [2.75, 3.05) is 0 Å². The normalized spacial score (nSPS) is 24.5. The molecule has 0 aromatic heterocycles. The topological polar surface area (TPSA) is 0 Å². The molecule has 0 radical (unpaired) electrons. The Kier molecular flexibility index (Phi) is 1.93. The maximum Gasteiger partial charge on any atom is 0.0572 e. The van der Waals surface area contributed by atoms with Gasteiger partial charge in [-0.2, -0.15) is 0 Å². The van der Waals surface area contributed by atoms with E-state index in [1.807, 2.05) is 0 Å². The van der Waals surface area contributed by atoms with E-state index in [0.29, 0.717) is 5.92 Å². The van der Waals surface area contributed by atoms with Gasteiger partial charge in [-0.1, -0.05) is 42.5 Å². The van der Waals surface area contributed by atoms with Gasteiger partial charge in [0.25, 0.3) is 0 Å². The minimum atomic E-state index is 0.648. The van der Waals surface area contributed by atoms with Crippen molar-refractivity contribution in [1.29, 1.82) is 0 Å².